The summed E-state index contributed by atoms with van der Waals surface area (Å²) in [6, 6.07) is 8.96. The summed E-state index contributed by atoms with van der Waals surface area (Å²) < 4.78 is 11.2. The van der Waals surface area contributed by atoms with Crippen molar-refractivity contribution in [3.05, 3.63) is 53.2 Å². The van der Waals surface area contributed by atoms with E-state index in [1.807, 2.05) is 0 Å². The molecule has 0 bridgehead atoms. The van der Waals surface area contributed by atoms with E-state index in [-0.39, 0.29) is 48.1 Å². The number of carbonyl (C=O) groups is 2. The van der Waals surface area contributed by atoms with Gasteiger partial charge in [-0.3, -0.25) is 9.78 Å². The van der Waals surface area contributed by atoms with Crippen molar-refractivity contribution in [2.45, 2.75) is 26.3 Å². The third-order valence-electron chi connectivity index (χ3n) is 5.05. The Morgan fingerprint density at radius 2 is 1.94 bits per heavy atom. The molecule has 0 fully saturated rings. The molecule has 10 nitrogen and oxygen atoms in total. The van der Waals surface area contributed by atoms with Crippen LogP contribution in [0.25, 0.3) is 10.9 Å². The maximum Gasteiger partial charge on any atom is 0.339 e. The van der Waals surface area contributed by atoms with Gasteiger partial charge in [0.25, 0.3) is 5.91 Å². The van der Waals surface area contributed by atoms with Crippen molar-refractivity contribution >= 4 is 28.5 Å². The topological polar surface area (TPSA) is 164 Å². The summed E-state index contributed by atoms with van der Waals surface area (Å²) in [5, 5.41) is 31.5. The van der Waals surface area contributed by atoms with Crippen LogP contribution in [0.4, 0.5) is 5.69 Å². The number of aromatic carboxylic acids is 1. The minimum Gasteiger partial charge on any atom is -0.504 e. The van der Waals surface area contributed by atoms with E-state index in [0.717, 1.165) is 0 Å². The highest BCUT2D eigenvalue weighted by molar-refractivity contribution is 6.06. The fourth-order valence-electron chi connectivity index (χ4n) is 3.42. The molecule has 10 heteroatoms. The Kier molecular flexibility index (Phi) is 7.75. The number of nitrogens with zero attached hydrogens (tertiary/aromatic N) is 1. The van der Waals surface area contributed by atoms with Gasteiger partial charge in [-0.25, -0.2) is 4.79 Å². The van der Waals surface area contributed by atoms with Gasteiger partial charge < -0.3 is 35.8 Å². The maximum atomic E-state index is 12.6. The first-order valence-electron chi connectivity index (χ1n) is 10.6. The summed E-state index contributed by atoms with van der Waals surface area (Å²) in [7, 11) is 0. The number of anilines is 1. The van der Waals surface area contributed by atoms with E-state index in [1.165, 1.54) is 18.2 Å². The average Bonchev–Trinajstić information content (AvgIpc) is 2.78. The number of carbonyl (C=O) groups excluding carboxylic acids is 1. The second-order valence-electron chi connectivity index (χ2n) is 7.73. The molecule has 3 aromatic rings. The molecule has 6 N–H and O–H groups in total. The van der Waals surface area contributed by atoms with Crippen LogP contribution in [0.15, 0.2) is 36.4 Å². The molecule has 1 unspecified atom stereocenters. The summed E-state index contributed by atoms with van der Waals surface area (Å²) in [4.78, 5) is 28.5. The van der Waals surface area contributed by atoms with Gasteiger partial charge in [0.1, 0.15) is 17.9 Å². The van der Waals surface area contributed by atoms with Crippen molar-refractivity contribution in [1.82, 2.24) is 10.3 Å². The number of pyridine rings is 1. The number of fused-ring (bicyclic) bond motifs is 1. The molecule has 0 aliphatic carbocycles. The van der Waals surface area contributed by atoms with Crippen LogP contribution in [0.2, 0.25) is 0 Å². The normalized spacial score (nSPS) is 11.7. The third kappa shape index (κ3) is 5.46. The van der Waals surface area contributed by atoms with Crippen LogP contribution < -0.4 is 20.5 Å². The Morgan fingerprint density at radius 3 is 2.62 bits per heavy atom. The number of nitrogen functional groups attached to an aromatic ring is 1. The van der Waals surface area contributed by atoms with Crippen LogP contribution in [0.5, 0.6) is 17.2 Å². The Morgan fingerprint density at radius 1 is 1.18 bits per heavy atom. The molecule has 0 radical (unpaired) electrons. The Balaban J connectivity index is 1.69. The Hall–Kier alpha value is -4.05. The zero-order valence-corrected chi connectivity index (χ0v) is 18.9. The second-order valence-corrected chi connectivity index (χ2v) is 7.73. The molecule has 1 atom stereocenters. The van der Waals surface area contributed by atoms with Crippen LogP contribution in [-0.2, 0) is 0 Å². The van der Waals surface area contributed by atoms with Gasteiger partial charge in [0, 0.05) is 18.6 Å². The van der Waals surface area contributed by atoms with Gasteiger partial charge >= 0.3 is 5.97 Å². The average molecular weight is 469 g/mol. The molecule has 3 rings (SSSR count). The highest BCUT2D eigenvalue weighted by Gasteiger charge is 2.19. The second kappa shape index (κ2) is 10.7. The summed E-state index contributed by atoms with van der Waals surface area (Å²) >= 11 is 0. The van der Waals surface area contributed by atoms with Crippen LogP contribution in [0.3, 0.4) is 0 Å². The van der Waals surface area contributed by atoms with Crippen molar-refractivity contribution in [2.75, 3.05) is 25.6 Å². The minimum absolute atomic E-state index is 0.0244. The van der Waals surface area contributed by atoms with Crippen molar-refractivity contribution in [2.24, 2.45) is 0 Å². The summed E-state index contributed by atoms with van der Waals surface area (Å²) in [5.41, 5.74) is 7.17. The van der Waals surface area contributed by atoms with Gasteiger partial charge in [-0.15, -0.1) is 0 Å². The number of hydrogen-bond donors (Lipinski definition) is 5. The number of rotatable bonds is 10. The van der Waals surface area contributed by atoms with E-state index in [9.17, 15) is 19.8 Å². The molecule has 1 amide bonds. The molecule has 0 aliphatic rings. The largest absolute Gasteiger partial charge is 0.504 e. The molecule has 0 saturated carbocycles. The van der Waals surface area contributed by atoms with Crippen LogP contribution in [-0.4, -0.2) is 58.0 Å². The van der Waals surface area contributed by atoms with Crippen LogP contribution in [0.1, 0.15) is 39.8 Å². The number of phenols is 1. The number of phenolic OH excluding ortho intramolecular Hbond substituents is 1. The smallest absolute Gasteiger partial charge is 0.339 e. The van der Waals surface area contributed by atoms with Crippen molar-refractivity contribution in [3.8, 4) is 17.2 Å². The number of nitrogens with two attached hydrogens (primary N) is 1. The number of aromatic nitrogens is 1. The van der Waals surface area contributed by atoms with Gasteiger partial charge in [-0.2, -0.15) is 0 Å². The number of carboxylic acid groups (broad SMARTS) is 1. The number of carboxylic acids is 1. The monoisotopic (exact) mass is 469 g/mol. The van der Waals surface area contributed by atoms with Crippen LogP contribution >= 0.6 is 0 Å². The van der Waals surface area contributed by atoms with Crippen molar-refractivity contribution in [3.63, 3.8) is 0 Å². The lowest BCUT2D eigenvalue weighted by molar-refractivity contribution is 0.0696. The van der Waals surface area contributed by atoms with E-state index in [2.05, 4.69) is 10.3 Å². The van der Waals surface area contributed by atoms with E-state index in [4.69, 9.17) is 20.3 Å². The quantitative estimate of drug-likeness (QED) is 0.281. The van der Waals surface area contributed by atoms with Gasteiger partial charge in [-0.05, 0) is 44.2 Å². The molecular formula is C24H27N3O7. The highest BCUT2D eigenvalue weighted by atomic mass is 16.5. The third-order valence-corrected chi connectivity index (χ3v) is 5.05. The molecule has 0 aliphatic heterocycles. The standard InChI is InChI=1S/C24H27N3O7/c1-13(26-23(30)15-7-8-18(17(29)11-15)33-10-4-9-28)12-34-19-6-3-5-16-21(19)22(25)20(24(31)32)14(2)27-16/h3,5-8,11,13,28-29H,4,9-10,12H2,1-2H3,(H2,25,27)(H,26,30)(H,31,32). The van der Waals surface area contributed by atoms with E-state index in [1.54, 1.807) is 32.0 Å². The van der Waals surface area contributed by atoms with Gasteiger partial charge in [-0.1, -0.05) is 6.07 Å². The number of aryl methyl sites for hydroxylation is 1. The maximum absolute atomic E-state index is 12.6. The van der Waals surface area contributed by atoms with Crippen molar-refractivity contribution < 1.29 is 34.4 Å². The van der Waals surface area contributed by atoms with Crippen LogP contribution in [0, 0.1) is 6.92 Å². The molecule has 1 aromatic heterocycles. The predicted molar refractivity (Wildman–Crippen MR) is 126 cm³/mol. The van der Waals surface area contributed by atoms with Gasteiger partial charge in [0.15, 0.2) is 11.5 Å². The zero-order chi connectivity index (χ0) is 24.8. The Labute approximate surface area is 195 Å². The number of nitrogens with one attached hydrogen (secondary N) is 1. The fraction of sp³-hybridized carbons (Fsp3) is 0.292. The van der Waals surface area contributed by atoms with Crippen molar-refractivity contribution in [1.29, 1.82) is 0 Å². The number of aliphatic hydroxyl groups excluding tert-OH is 1. The predicted octanol–water partition coefficient (Wildman–Crippen LogP) is 2.49. The van der Waals surface area contributed by atoms with E-state index < -0.39 is 17.9 Å². The lowest BCUT2D eigenvalue weighted by atomic mass is 10.1. The molecular weight excluding hydrogens is 442 g/mol. The van der Waals surface area contributed by atoms with E-state index in [0.29, 0.717) is 28.8 Å². The first-order valence-corrected chi connectivity index (χ1v) is 10.6. The summed E-state index contributed by atoms with van der Waals surface area (Å²) in [6.07, 6.45) is 0.425. The number of amides is 1. The molecule has 0 spiro atoms. The molecule has 1 heterocycles. The lowest BCUT2D eigenvalue weighted by Crippen LogP contribution is -2.36. The number of aromatic hydroxyl groups is 1. The first kappa shape index (κ1) is 24.6. The molecule has 0 saturated heterocycles. The van der Waals surface area contributed by atoms with Gasteiger partial charge in [0.2, 0.25) is 0 Å². The molecule has 34 heavy (non-hydrogen) atoms. The fourth-order valence-corrected chi connectivity index (χ4v) is 3.42. The number of aliphatic hydroxyl groups is 1. The number of hydrogen-bond acceptors (Lipinski definition) is 8. The molecule has 180 valence electrons. The molecule has 2 aromatic carbocycles. The minimum atomic E-state index is -1.17. The van der Waals surface area contributed by atoms with Gasteiger partial charge in [0.05, 0.1) is 34.9 Å². The summed E-state index contributed by atoms with van der Waals surface area (Å²) in [6.45, 7) is 3.61. The summed E-state index contributed by atoms with van der Waals surface area (Å²) in [5.74, 6) is -1.20. The first-order chi connectivity index (χ1) is 16.2. The highest BCUT2D eigenvalue weighted by Crippen LogP contribution is 2.33. The Bertz CT molecular complexity index is 1210. The number of ether oxygens (including phenoxy) is 2. The zero-order valence-electron chi connectivity index (χ0n) is 18.9. The van der Waals surface area contributed by atoms with E-state index >= 15 is 0 Å². The SMILES string of the molecule is Cc1nc2cccc(OCC(C)NC(=O)c3ccc(OCCCO)c(O)c3)c2c(N)c1C(=O)O. The number of benzene rings is 2. The lowest BCUT2D eigenvalue weighted by Gasteiger charge is -2.18.